The zero-order valence-corrected chi connectivity index (χ0v) is 13.4. The zero-order chi connectivity index (χ0) is 14.2. The Bertz CT molecular complexity index is 256. The number of nitrogens with zero attached hydrogens (tertiary/aromatic N) is 2. The number of hydrogen-bond donors (Lipinski definition) is 1. The second kappa shape index (κ2) is 8.98. The van der Waals surface area contributed by atoms with E-state index in [0.29, 0.717) is 12.2 Å². The van der Waals surface area contributed by atoms with Crippen LogP contribution in [-0.4, -0.2) is 74.9 Å². The van der Waals surface area contributed by atoms with Crippen molar-refractivity contribution in [3.63, 3.8) is 0 Å². The van der Waals surface area contributed by atoms with Crippen molar-refractivity contribution < 1.29 is 4.74 Å². The number of likely N-dealkylation sites (tertiary alicyclic amines) is 1. The van der Waals surface area contributed by atoms with Crippen molar-refractivity contribution in [3.05, 3.63) is 0 Å². The van der Waals surface area contributed by atoms with E-state index in [1.54, 1.807) is 0 Å². The summed E-state index contributed by atoms with van der Waals surface area (Å²) in [5, 5.41) is 3.47. The predicted octanol–water partition coefficient (Wildman–Crippen LogP) is 1.56. The second-order valence-electron chi connectivity index (χ2n) is 6.47. The molecule has 2 atom stereocenters. The van der Waals surface area contributed by atoms with Crippen LogP contribution in [0.15, 0.2) is 0 Å². The van der Waals surface area contributed by atoms with Gasteiger partial charge < -0.3 is 19.9 Å². The van der Waals surface area contributed by atoms with Crippen LogP contribution in [0.2, 0.25) is 0 Å². The van der Waals surface area contributed by atoms with Crippen molar-refractivity contribution in [2.75, 3.05) is 52.9 Å². The molecule has 0 bridgehead atoms. The normalized spacial score (nSPS) is 27.8. The molecule has 118 valence electrons. The summed E-state index contributed by atoms with van der Waals surface area (Å²) in [6.07, 6.45) is 7.33. The first-order valence-corrected chi connectivity index (χ1v) is 8.55. The fourth-order valence-electron chi connectivity index (χ4n) is 3.26. The molecule has 4 nitrogen and oxygen atoms in total. The maximum Gasteiger partial charge on any atom is 0.0707 e. The average molecular weight is 283 g/mol. The van der Waals surface area contributed by atoms with Crippen LogP contribution in [-0.2, 0) is 4.74 Å². The van der Waals surface area contributed by atoms with Gasteiger partial charge in [-0.2, -0.15) is 0 Å². The van der Waals surface area contributed by atoms with E-state index in [1.165, 1.54) is 58.3 Å². The van der Waals surface area contributed by atoms with Crippen LogP contribution in [0.5, 0.6) is 0 Å². The highest BCUT2D eigenvalue weighted by Crippen LogP contribution is 2.19. The number of likely N-dealkylation sites (N-methyl/N-ethyl adjacent to an activating group) is 1. The van der Waals surface area contributed by atoms with Gasteiger partial charge in [-0.25, -0.2) is 0 Å². The molecule has 0 saturated carbocycles. The van der Waals surface area contributed by atoms with Crippen LogP contribution in [0.1, 0.15) is 39.0 Å². The Morgan fingerprint density at radius 2 is 1.95 bits per heavy atom. The number of ether oxygens (including phenoxy) is 1. The maximum absolute atomic E-state index is 6.13. The van der Waals surface area contributed by atoms with Crippen molar-refractivity contribution in [2.45, 2.75) is 51.2 Å². The molecule has 2 unspecified atom stereocenters. The SMILES string of the molecule is CCCNCC1CCC(CN(C)CCN2CCCC2)O1. The average Bonchev–Trinajstić information content (AvgIpc) is 3.08. The van der Waals surface area contributed by atoms with E-state index in [2.05, 4.69) is 29.1 Å². The summed E-state index contributed by atoms with van der Waals surface area (Å²) in [6.45, 7) is 10.5. The Hall–Kier alpha value is -0.160. The highest BCUT2D eigenvalue weighted by molar-refractivity contribution is 4.78. The van der Waals surface area contributed by atoms with Gasteiger partial charge in [-0.3, -0.25) is 0 Å². The highest BCUT2D eigenvalue weighted by atomic mass is 16.5. The molecular weight excluding hydrogens is 250 g/mol. The molecule has 0 aliphatic carbocycles. The maximum atomic E-state index is 6.13. The summed E-state index contributed by atoms with van der Waals surface area (Å²) in [4.78, 5) is 5.04. The van der Waals surface area contributed by atoms with Gasteiger partial charge in [0.05, 0.1) is 12.2 Å². The topological polar surface area (TPSA) is 27.7 Å². The molecule has 2 fully saturated rings. The molecular formula is C16H33N3O. The quantitative estimate of drug-likeness (QED) is 0.650. The third-order valence-electron chi connectivity index (χ3n) is 4.51. The summed E-state index contributed by atoms with van der Waals surface area (Å²) in [7, 11) is 2.24. The first-order valence-electron chi connectivity index (χ1n) is 8.55. The van der Waals surface area contributed by atoms with Crippen LogP contribution >= 0.6 is 0 Å². The van der Waals surface area contributed by atoms with E-state index < -0.39 is 0 Å². The van der Waals surface area contributed by atoms with Crippen LogP contribution in [0, 0.1) is 0 Å². The molecule has 2 rings (SSSR count). The zero-order valence-electron chi connectivity index (χ0n) is 13.4. The molecule has 0 aromatic heterocycles. The Balaban J connectivity index is 1.54. The first-order chi connectivity index (χ1) is 9.78. The standard InChI is InChI=1S/C16H33N3O/c1-3-8-17-13-15-6-7-16(20-15)14-18(2)11-12-19-9-4-5-10-19/h15-17H,3-14H2,1-2H3. The molecule has 2 heterocycles. The van der Waals surface area contributed by atoms with Crippen LogP contribution < -0.4 is 5.32 Å². The van der Waals surface area contributed by atoms with E-state index in [0.717, 1.165) is 19.6 Å². The largest absolute Gasteiger partial charge is 0.372 e. The van der Waals surface area contributed by atoms with Crippen molar-refractivity contribution in [3.8, 4) is 0 Å². The van der Waals surface area contributed by atoms with Gasteiger partial charge in [0.25, 0.3) is 0 Å². The third kappa shape index (κ3) is 5.68. The molecule has 0 amide bonds. The lowest BCUT2D eigenvalue weighted by Gasteiger charge is -2.24. The lowest BCUT2D eigenvalue weighted by molar-refractivity contribution is 0.0269. The van der Waals surface area contributed by atoms with Gasteiger partial charge in [-0.1, -0.05) is 6.92 Å². The molecule has 2 saturated heterocycles. The van der Waals surface area contributed by atoms with Crippen molar-refractivity contribution in [1.29, 1.82) is 0 Å². The van der Waals surface area contributed by atoms with Gasteiger partial charge >= 0.3 is 0 Å². The van der Waals surface area contributed by atoms with E-state index >= 15 is 0 Å². The van der Waals surface area contributed by atoms with Crippen LogP contribution in [0.4, 0.5) is 0 Å². The highest BCUT2D eigenvalue weighted by Gasteiger charge is 2.25. The summed E-state index contributed by atoms with van der Waals surface area (Å²) in [6, 6.07) is 0. The molecule has 0 aromatic rings. The van der Waals surface area contributed by atoms with Gasteiger partial charge in [0.15, 0.2) is 0 Å². The van der Waals surface area contributed by atoms with Gasteiger partial charge in [0.2, 0.25) is 0 Å². The lowest BCUT2D eigenvalue weighted by Crippen LogP contribution is -2.36. The monoisotopic (exact) mass is 283 g/mol. The van der Waals surface area contributed by atoms with Gasteiger partial charge in [0.1, 0.15) is 0 Å². The van der Waals surface area contributed by atoms with E-state index in [4.69, 9.17) is 4.74 Å². The Kier molecular flexibility index (Phi) is 7.28. The van der Waals surface area contributed by atoms with Crippen molar-refractivity contribution in [1.82, 2.24) is 15.1 Å². The minimum Gasteiger partial charge on any atom is -0.372 e. The van der Waals surface area contributed by atoms with Crippen LogP contribution in [0.3, 0.4) is 0 Å². The minimum atomic E-state index is 0.443. The summed E-state index contributed by atoms with van der Waals surface area (Å²) >= 11 is 0. The minimum absolute atomic E-state index is 0.443. The molecule has 4 heteroatoms. The second-order valence-corrected chi connectivity index (χ2v) is 6.47. The fraction of sp³-hybridized carbons (Fsp3) is 1.00. The predicted molar refractivity (Wildman–Crippen MR) is 84.2 cm³/mol. The van der Waals surface area contributed by atoms with E-state index in [-0.39, 0.29) is 0 Å². The Morgan fingerprint density at radius 3 is 2.70 bits per heavy atom. The molecule has 2 aliphatic rings. The third-order valence-corrected chi connectivity index (χ3v) is 4.51. The molecule has 20 heavy (non-hydrogen) atoms. The van der Waals surface area contributed by atoms with E-state index in [1.807, 2.05) is 0 Å². The molecule has 0 radical (unpaired) electrons. The molecule has 1 N–H and O–H groups in total. The first kappa shape index (κ1) is 16.2. The number of hydrogen-bond acceptors (Lipinski definition) is 4. The van der Waals surface area contributed by atoms with Crippen LogP contribution in [0.25, 0.3) is 0 Å². The molecule has 0 aromatic carbocycles. The summed E-state index contributed by atoms with van der Waals surface area (Å²) in [5.41, 5.74) is 0. The van der Waals surface area contributed by atoms with Gasteiger partial charge in [0, 0.05) is 26.2 Å². The number of rotatable bonds is 9. The Labute approximate surface area is 124 Å². The van der Waals surface area contributed by atoms with Crippen molar-refractivity contribution >= 4 is 0 Å². The number of nitrogens with one attached hydrogen (secondary N) is 1. The fourth-order valence-corrected chi connectivity index (χ4v) is 3.26. The van der Waals surface area contributed by atoms with Gasteiger partial charge in [-0.15, -0.1) is 0 Å². The molecule has 2 aliphatic heterocycles. The summed E-state index contributed by atoms with van der Waals surface area (Å²) < 4.78 is 6.13. The smallest absolute Gasteiger partial charge is 0.0707 e. The van der Waals surface area contributed by atoms with Crippen molar-refractivity contribution in [2.24, 2.45) is 0 Å². The Morgan fingerprint density at radius 1 is 1.20 bits per heavy atom. The summed E-state index contributed by atoms with van der Waals surface area (Å²) in [5.74, 6) is 0. The lowest BCUT2D eigenvalue weighted by atomic mass is 10.2. The van der Waals surface area contributed by atoms with Gasteiger partial charge in [-0.05, 0) is 58.8 Å². The molecule has 0 spiro atoms. The van der Waals surface area contributed by atoms with E-state index in [9.17, 15) is 0 Å².